The van der Waals surface area contributed by atoms with Crippen molar-refractivity contribution in [2.45, 2.75) is 24.6 Å². The second-order valence-corrected chi connectivity index (χ2v) is 4.86. The van der Waals surface area contributed by atoms with E-state index in [1.807, 2.05) is 0 Å². The number of aliphatic hydroxyl groups is 2. The molecule has 0 amide bonds. The lowest BCUT2D eigenvalue weighted by atomic mass is 10.1. The zero-order valence-corrected chi connectivity index (χ0v) is 9.18. The molecule has 0 aromatic rings. The van der Waals surface area contributed by atoms with E-state index in [0.717, 1.165) is 6.26 Å². The normalized spacial score (nSPS) is 37.9. The van der Waals surface area contributed by atoms with Crippen molar-refractivity contribution in [2.24, 2.45) is 0 Å². The van der Waals surface area contributed by atoms with Crippen LogP contribution in [-0.2, 0) is 23.8 Å². The molecule has 0 spiro atoms. The van der Waals surface area contributed by atoms with Crippen molar-refractivity contribution in [2.75, 3.05) is 20.0 Å². The van der Waals surface area contributed by atoms with E-state index in [-0.39, 0.29) is 6.61 Å². The summed E-state index contributed by atoms with van der Waals surface area (Å²) in [6, 6.07) is 0. The van der Waals surface area contributed by atoms with Gasteiger partial charge in [-0.2, -0.15) is 8.42 Å². The molecule has 1 aliphatic rings. The average molecular weight is 242 g/mol. The van der Waals surface area contributed by atoms with Gasteiger partial charge < -0.3 is 19.7 Å². The van der Waals surface area contributed by atoms with Crippen LogP contribution in [-0.4, -0.2) is 63.2 Å². The second-order valence-electron chi connectivity index (χ2n) is 3.26. The first kappa shape index (κ1) is 12.8. The van der Waals surface area contributed by atoms with Crippen LogP contribution in [0.4, 0.5) is 0 Å². The maximum Gasteiger partial charge on any atom is 0.264 e. The molecule has 15 heavy (non-hydrogen) atoms. The highest BCUT2D eigenvalue weighted by atomic mass is 32.2. The van der Waals surface area contributed by atoms with Gasteiger partial charge in [-0.1, -0.05) is 0 Å². The first-order valence-electron chi connectivity index (χ1n) is 4.24. The van der Waals surface area contributed by atoms with Crippen LogP contribution in [0, 0.1) is 0 Å². The topological polar surface area (TPSA) is 102 Å². The van der Waals surface area contributed by atoms with Crippen LogP contribution < -0.4 is 0 Å². The number of hydrogen-bond acceptors (Lipinski definition) is 7. The summed E-state index contributed by atoms with van der Waals surface area (Å²) in [5.41, 5.74) is 0. The molecule has 0 saturated carbocycles. The van der Waals surface area contributed by atoms with Crippen LogP contribution in [0.1, 0.15) is 0 Å². The molecule has 0 bridgehead atoms. The molecular weight excluding hydrogens is 228 g/mol. The van der Waals surface area contributed by atoms with Crippen LogP contribution in [0.25, 0.3) is 0 Å². The Balaban J connectivity index is 2.64. The number of aliphatic hydroxyl groups excluding tert-OH is 2. The van der Waals surface area contributed by atoms with E-state index in [0.29, 0.717) is 0 Å². The number of ether oxygens (including phenoxy) is 2. The quantitative estimate of drug-likeness (QED) is 0.555. The Morgan fingerprint density at radius 3 is 2.40 bits per heavy atom. The average Bonchev–Trinajstić information content (AvgIpc) is 2.11. The van der Waals surface area contributed by atoms with Crippen molar-refractivity contribution in [3.05, 3.63) is 0 Å². The van der Waals surface area contributed by atoms with Crippen molar-refractivity contribution in [3.8, 4) is 0 Å². The predicted octanol–water partition coefficient (Wildman–Crippen LogP) is -1.94. The monoisotopic (exact) mass is 242 g/mol. The molecule has 4 atom stereocenters. The minimum Gasteiger partial charge on any atom is -0.387 e. The standard InChI is InChI=1S/C7H14O7S/c1-12-7-6(9)5(8)4(3-13-7)14-15(2,10)11/h4-9H,3H2,1-2H3/t4-,5-,6+,7-/m0/s1. The first-order valence-corrected chi connectivity index (χ1v) is 6.05. The molecule has 1 fully saturated rings. The molecule has 2 N–H and O–H groups in total. The number of hydrogen-bond donors (Lipinski definition) is 2. The van der Waals surface area contributed by atoms with E-state index in [2.05, 4.69) is 4.18 Å². The Kier molecular flexibility index (Phi) is 4.04. The van der Waals surface area contributed by atoms with Crippen molar-refractivity contribution in [1.29, 1.82) is 0 Å². The van der Waals surface area contributed by atoms with Gasteiger partial charge in [0.25, 0.3) is 10.1 Å². The first-order chi connectivity index (χ1) is 6.85. The Morgan fingerprint density at radius 1 is 1.33 bits per heavy atom. The highest BCUT2D eigenvalue weighted by Gasteiger charge is 2.40. The van der Waals surface area contributed by atoms with Gasteiger partial charge in [0.15, 0.2) is 6.29 Å². The summed E-state index contributed by atoms with van der Waals surface area (Å²) in [5, 5.41) is 18.9. The van der Waals surface area contributed by atoms with Gasteiger partial charge in [0.05, 0.1) is 12.9 Å². The summed E-state index contributed by atoms with van der Waals surface area (Å²) < 4.78 is 35.8. The van der Waals surface area contributed by atoms with E-state index in [4.69, 9.17) is 9.47 Å². The molecule has 1 rings (SSSR count). The Bertz CT molecular complexity index is 300. The Labute approximate surface area is 87.7 Å². The van der Waals surface area contributed by atoms with Gasteiger partial charge in [0.2, 0.25) is 0 Å². The summed E-state index contributed by atoms with van der Waals surface area (Å²) in [6.07, 6.45) is -3.93. The lowest BCUT2D eigenvalue weighted by molar-refractivity contribution is -0.257. The lowest BCUT2D eigenvalue weighted by Gasteiger charge is -2.35. The van der Waals surface area contributed by atoms with Crippen molar-refractivity contribution < 1.29 is 32.3 Å². The van der Waals surface area contributed by atoms with Gasteiger partial charge in [-0.25, -0.2) is 0 Å². The molecule has 0 radical (unpaired) electrons. The summed E-state index contributed by atoms with van der Waals surface area (Å²) in [4.78, 5) is 0. The smallest absolute Gasteiger partial charge is 0.264 e. The molecule has 1 aliphatic heterocycles. The summed E-state index contributed by atoms with van der Waals surface area (Å²) in [5.74, 6) is 0. The van der Waals surface area contributed by atoms with Crippen molar-refractivity contribution in [1.82, 2.24) is 0 Å². The highest BCUT2D eigenvalue weighted by Crippen LogP contribution is 2.19. The van der Waals surface area contributed by atoms with E-state index in [1.54, 1.807) is 0 Å². The van der Waals surface area contributed by atoms with Crippen molar-refractivity contribution >= 4 is 10.1 Å². The lowest BCUT2D eigenvalue weighted by Crippen LogP contribution is -2.54. The van der Waals surface area contributed by atoms with Crippen LogP contribution >= 0.6 is 0 Å². The molecular formula is C7H14O7S. The molecule has 0 aromatic carbocycles. The fourth-order valence-electron chi connectivity index (χ4n) is 1.28. The molecule has 7 nitrogen and oxygen atoms in total. The largest absolute Gasteiger partial charge is 0.387 e. The van der Waals surface area contributed by atoms with E-state index < -0.39 is 34.7 Å². The fourth-order valence-corrected chi connectivity index (χ4v) is 1.90. The van der Waals surface area contributed by atoms with Gasteiger partial charge in [-0.15, -0.1) is 0 Å². The maximum atomic E-state index is 10.8. The third kappa shape index (κ3) is 3.37. The van der Waals surface area contributed by atoms with E-state index >= 15 is 0 Å². The molecule has 90 valence electrons. The minimum atomic E-state index is -3.70. The molecule has 8 heteroatoms. The van der Waals surface area contributed by atoms with Crippen molar-refractivity contribution in [3.63, 3.8) is 0 Å². The predicted molar refractivity (Wildman–Crippen MR) is 48.5 cm³/mol. The molecule has 0 aromatic heterocycles. The van der Waals surface area contributed by atoms with Gasteiger partial charge in [0.1, 0.15) is 18.3 Å². The van der Waals surface area contributed by atoms with Crippen LogP contribution in [0.3, 0.4) is 0 Å². The Hall–Kier alpha value is -0.250. The fraction of sp³-hybridized carbons (Fsp3) is 1.00. The van der Waals surface area contributed by atoms with Gasteiger partial charge in [0, 0.05) is 7.11 Å². The minimum absolute atomic E-state index is 0.163. The van der Waals surface area contributed by atoms with Crippen LogP contribution in [0.15, 0.2) is 0 Å². The number of methoxy groups -OCH3 is 1. The maximum absolute atomic E-state index is 10.8. The highest BCUT2D eigenvalue weighted by molar-refractivity contribution is 7.86. The third-order valence-corrected chi connectivity index (χ3v) is 2.56. The Morgan fingerprint density at radius 2 is 1.93 bits per heavy atom. The van der Waals surface area contributed by atoms with E-state index in [9.17, 15) is 18.6 Å². The summed E-state index contributed by atoms with van der Waals surface area (Å²) >= 11 is 0. The third-order valence-electron chi connectivity index (χ3n) is 1.97. The zero-order chi connectivity index (χ0) is 11.6. The molecule has 1 heterocycles. The SMILES string of the molecule is CO[C@H]1OC[C@H](OS(C)(=O)=O)[C@H](O)[C@H]1O. The molecule has 1 saturated heterocycles. The summed E-state index contributed by atoms with van der Waals surface area (Å²) in [6.45, 7) is -0.163. The van der Waals surface area contributed by atoms with Gasteiger partial charge in [-0.05, 0) is 0 Å². The summed E-state index contributed by atoms with van der Waals surface area (Å²) in [7, 11) is -2.39. The molecule has 0 aliphatic carbocycles. The van der Waals surface area contributed by atoms with Crippen LogP contribution in [0.5, 0.6) is 0 Å². The van der Waals surface area contributed by atoms with E-state index in [1.165, 1.54) is 7.11 Å². The number of rotatable bonds is 3. The van der Waals surface area contributed by atoms with Gasteiger partial charge in [-0.3, -0.25) is 4.18 Å². The van der Waals surface area contributed by atoms with Gasteiger partial charge >= 0.3 is 0 Å². The zero-order valence-electron chi connectivity index (χ0n) is 8.36. The second kappa shape index (κ2) is 4.73. The molecule has 0 unspecified atom stereocenters. The van der Waals surface area contributed by atoms with Crippen LogP contribution in [0.2, 0.25) is 0 Å².